The van der Waals surface area contributed by atoms with Crippen LogP contribution in [0.2, 0.25) is 0 Å². The van der Waals surface area contributed by atoms with Crippen molar-refractivity contribution in [1.82, 2.24) is 0 Å². The van der Waals surface area contributed by atoms with Crippen molar-refractivity contribution in [2.45, 2.75) is 5.54 Å². The summed E-state index contributed by atoms with van der Waals surface area (Å²) >= 11 is 0. The molecule has 25 heavy (non-hydrogen) atoms. The SMILES string of the molecule is NC1=CC(=O)C(N)(c2ccccc2-c2cccc3ccccc23)C=C1. The van der Waals surface area contributed by atoms with Crippen LogP contribution in [-0.4, -0.2) is 5.78 Å². The topological polar surface area (TPSA) is 69.1 Å². The van der Waals surface area contributed by atoms with Gasteiger partial charge in [0.05, 0.1) is 0 Å². The fourth-order valence-electron chi connectivity index (χ4n) is 3.39. The summed E-state index contributed by atoms with van der Waals surface area (Å²) in [6.45, 7) is 0. The first-order valence-corrected chi connectivity index (χ1v) is 8.17. The van der Waals surface area contributed by atoms with Crippen molar-refractivity contribution in [1.29, 1.82) is 0 Å². The Hall–Kier alpha value is -3.17. The minimum atomic E-state index is -1.21. The van der Waals surface area contributed by atoms with Crippen molar-refractivity contribution < 1.29 is 4.79 Å². The van der Waals surface area contributed by atoms with Crippen LogP contribution in [0.1, 0.15) is 5.56 Å². The van der Waals surface area contributed by atoms with E-state index in [0.717, 1.165) is 27.5 Å². The van der Waals surface area contributed by atoms with E-state index in [4.69, 9.17) is 11.5 Å². The highest BCUT2D eigenvalue weighted by Gasteiger charge is 2.35. The third-order valence-corrected chi connectivity index (χ3v) is 4.70. The van der Waals surface area contributed by atoms with E-state index in [9.17, 15) is 4.79 Å². The van der Waals surface area contributed by atoms with Crippen LogP contribution in [0, 0.1) is 0 Å². The van der Waals surface area contributed by atoms with Gasteiger partial charge >= 0.3 is 0 Å². The predicted octanol–water partition coefficient (Wildman–Crippen LogP) is 3.64. The molecule has 3 aromatic rings. The summed E-state index contributed by atoms with van der Waals surface area (Å²) < 4.78 is 0. The van der Waals surface area contributed by atoms with Crippen molar-refractivity contribution >= 4 is 16.6 Å². The number of rotatable bonds is 2. The highest BCUT2D eigenvalue weighted by molar-refractivity contribution is 6.05. The first-order valence-electron chi connectivity index (χ1n) is 8.17. The van der Waals surface area contributed by atoms with Gasteiger partial charge in [-0.1, -0.05) is 72.8 Å². The summed E-state index contributed by atoms with van der Waals surface area (Å²) in [6, 6.07) is 22.1. The molecule has 0 saturated carbocycles. The molecule has 1 aliphatic carbocycles. The van der Waals surface area contributed by atoms with Crippen molar-refractivity contribution in [3.8, 4) is 11.1 Å². The molecule has 0 fully saturated rings. The molecule has 0 saturated heterocycles. The summed E-state index contributed by atoms with van der Waals surface area (Å²) in [5.41, 5.74) is 14.3. The van der Waals surface area contributed by atoms with Gasteiger partial charge in [-0.3, -0.25) is 4.79 Å². The smallest absolute Gasteiger partial charge is 0.186 e. The van der Waals surface area contributed by atoms with Crippen molar-refractivity contribution in [3.05, 3.63) is 96.2 Å². The van der Waals surface area contributed by atoms with Gasteiger partial charge in [-0.15, -0.1) is 0 Å². The zero-order chi connectivity index (χ0) is 17.4. The van der Waals surface area contributed by atoms with Crippen LogP contribution in [0.3, 0.4) is 0 Å². The molecule has 0 radical (unpaired) electrons. The number of carbonyl (C=O) groups is 1. The van der Waals surface area contributed by atoms with Crippen LogP contribution in [0.5, 0.6) is 0 Å². The molecule has 0 amide bonds. The Bertz CT molecular complexity index is 1040. The van der Waals surface area contributed by atoms with E-state index >= 15 is 0 Å². The lowest BCUT2D eigenvalue weighted by Gasteiger charge is -2.29. The van der Waals surface area contributed by atoms with Gasteiger partial charge in [0.15, 0.2) is 5.78 Å². The Morgan fingerprint density at radius 2 is 1.48 bits per heavy atom. The van der Waals surface area contributed by atoms with Gasteiger partial charge < -0.3 is 11.5 Å². The second-order valence-corrected chi connectivity index (χ2v) is 6.28. The number of ketones is 1. The third-order valence-electron chi connectivity index (χ3n) is 4.70. The zero-order valence-corrected chi connectivity index (χ0v) is 13.6. The average Bonchev–Trinajstić information content (AvgIpc) is 2.65. The first-order chi connectivity index (χ1) is 12.1. The Morgan fingerprint density at radius 1 is 0.800 bits per heavy atom. The van der Waals surface area contributed by atoms with E-state index in [0.29, 0.717) is 5.70 Å². The quantitative estimate of drug-likeness (QED) is 0.755. The molecule has 122 valence electrons. The molecule has 3 heteroatoms. The van der Waals surface area contributed by atoms with E-state index in [-0.39, 0.29) is 5.78 Å². The molecule has 1 atom stereocenters. The molecular formula is C22H18N2O. The molecule has 4 N–H and O–H groups in total. The summed E-state index contributed by atoms with van der Waals surface area (Å²) in [5, 5.41) is 2.28. The number of carbonyl (C=O) groups excluding carboxylic acids is 1. The van der Waals surface area contributed by atoms with Crippen LogP contribution >= 0.6 is 0 Å². The second kappa shape index (κ2) is 5.72. The third kappa shape index (κ3) is 2.46. The van der Waals surface area contributed by atoms with Crippen LogP contribution in [0.25, 0.3) is 21.9 Å². The van der Waals surface area contributed by atoms with Gasteiger partial charge in [0.1, 0.15) is 5.54 Å². The van der Waals surface area contributed by atoms with Gasteiger partial charge in [-0.25, -0.2) is 0 Å². The monoisotopic (exact) mass is 326 g/mol. The van der Waals surface area contributed by atoms with Crippen LogP contribution in [0.15, 0.2) is 90.7 Å². The number of benzene rings is 3. The van der Waals surface area contributed by atoms with Crippen molar-refractivity contribution in [2.24, 2.45) is 11.5 Å². The number of fused-ring (bicyclic) bond motifs is 1. The fourth-order valence-corrected chi connectivity index (χ4v) is 3.39. The van der Waals surface area contributed by atoms with Gasteiger partial charge in [-0.2, -0.15) is 0 Å². The van der Waals surface area contributed by atoms with Crippen molar-refractivity contribution in [3.63, 3.8) is 0 Å². The van der Waals surface area contributed by atoms with E-state index in [1.165, 1.54) is 6.08 Å². The Labute approximate surface area is 146 Å². The predicted molar refractivity (Wildman–Crippen MR) is 102 cm³/mol. The molecule has 3 aromatic carbocycles. The summed E-state index contributed by atoms with van der Waals surface area (Å²) in [7, 11) is 0. The molecule has 3 nitrogen and oxygen atoms in total. The van der Waals surface area contributed by atoms with Crippen LogP contribution in [0.4, 0.5) is 0 Å². The van der Waals surface area contributed by atoms with E-state index < -0.39 is 5.54 Å². The maximum Gasteiger partial charge on any atom is 0.186 e. The number of nitrogens with two attached hydrogens (primary N) is 2. The Balaban J connectivity index is 1.97. The molecule has 1 unspecified atom stereocenters. The first kappa shape index (κ1) is 15.4. The molecule has 0 spiro atoms. The highest BCUT2D eigenvalue weighted by atomic mass is 16.1. The number of hydrogen-bond donors (Lipinski definition) is 2. The van der Waals surface area contributed by atoms with Crippen LogP contribution < -0.4 is 11.5 Å². The van der Waals surface area contributed by atoms with Gasteiger partial charge in [-0.05, 0) is 33.5 Å². The lowest BCUT2D eigenvalue weighted by Crippen LogP contribution is -2.44. The highest BCUT2D eigenvalue weighted by Crippen LogP contribution is 2.37. The second-order valence-electron chi connectivity index (χ2n) is 6.28. The summed E-state index contributed by atoms with van der Waals surface area (Å²) in [6.07, 6.45) is 4.79. The molecule has 1 aliphatic rings. The molecule has 0 aromatic heterocycles. The maximum atomic E-state index is 12.6. The summed E-state index contributed by atoms with van der Waals surface area (Å²) in [5.74, 6) is -0.208. The lowest BCUT2D eigenvalue weighted by atomic mass is 9.79. The fraction of sp³-hybridized carbons (Fsp3) is 0.0455. The minimum absolute atomic E-state index is 0.208. The zero-order valence-electron chi connectivity index (χ0n) is 13.6. The standard InChI is InChI=1S/C22H18N2O/c23-16-12-13-22(24,21(25)14-16)20-11-4-3-9-19(20)18-10-5-7-15-6-1-2-8-17(15)18/h1-14H,23-24H2. The van der Waals surface area contributed by atoms with Crippen molar-refractivity contribution in [2.75, 3.05) is 0 Å². The summed E-state index contributed by atoms with van der Waals surface area (Å²) in [4.78, 5) is 12.6. The Morgan fingerprint density at radius 3 is 2.32 bits per heavy atom. The number of hydrogen-bond acceptors (Lipinski definition) is 3. The Kier molecular flexibility index (Phi) is 3.52. The molecule has 0 heterocycles. The normalized spacial score (nSPS) is 19.9. The molecule has 4 rings (SSSR count). The average molecular weight is 326 g/mol. The van der Waals surface area contributed by atoms with Gasteiger partial charge in [0, 0.05) is 11.8 Å². The van der Waals surface area contributed by atoms with E-state index in [2.05, 4.69) is 24.3 Å². The largest absolute Gasteiger partial charge is 0.399 e. The van der Waals surface area contributed by atoms with E-state index in [1.54, 1.807) is 12.2 Å². The molecule has 0 bridgehead atoms. The lowest BCUT2D eigenvalue weighted by molar-refractivity contribution is -0.118. The van der Waals surface area contributed by atoms with E-state index in [1.807, 2.05) is 42.5 Å². The minimum Gasteiger partial charge on any atom is -0.399 e. The maximum absolute atomic E-state index is 12.6. The van der Waals surface area contributed by atoms with Gasteiger partial charge in [0.25, 0.3) is 0 Å². The molecule has 0 aliphatic heterocycles. The van der Waals surface area contributed by atoms with Crippen LogP contribution in [-0.2, 0) is 10.3 Å². The molecular weight excluding hydrogens is 308 g/mol. The number of allylic oxidation sites excluding steroid dienone is 1. The van der Waals surface area contributed by atoms with Gasteiger partial charge in [0.2, 0.25) is 0 Å².